The van der Waals surface area contributed by atoms with E-state index in [4.69, 9.17) is 25.8 Å². The Morgan fingerprint density at radius 1 is 0.542 bits per heavy atom. The van der Waals surface area contributed by atoms with Gasteiger partial charge in [-0.3, -0.25) is 9.36 Å². The van der Waals surface area contributed by atoms with E-state index < -0.39 is 0 Å². The number of nitrogen functional groups attached to an aromatic ring is 2. The largest absolute Gasteiger partial charge is 0.498 e. The van der Waals surface area contributed by atoms with Crippen molar-refractivity contribution in [1.29, 1.82) is 0 Å². The lowest BCUT2D eigenvalue weighted by molar-refractivity contribution is 0.00578. The van der Waals surface area contributed by atoms with Gasteiger partial charge in [0.25, 0.3) is 0 Å². The minimum Gasteiger partial charge on any atom is -0.399 e. The molecule has 0 spiro atoms. The summed E-state index contributed by atoms with van der Waals surface area (Å²) in [5.41, 5.74) is 24.6. The highest BCUT2D eigenvalue weighted by Gasteiger charge is 2.52. The summed E-state index contributed by atoms with van der Waals surface area (Å²) in [6.45, 7) is 12.1. The number of pyridine rings is 2. The lowest BCUT2D eigenvalue weighted by Crippen LogP contribution is -2.41. The molecule has 4 N–H and O–H groups in total. The number of hydrogen-bond acceptors (Lipinski definition) is 12. The number of nitrogens with zero attached hydrogens (tertiary/aromatic N) is 10. The van der Waals surface area contributed by atoms with Crippen LogP contribution in [0.5, 0.6) is 0 Å². The number of rotatable bonds is 6. The van der Waals surface area contributed by atoms with Crippen LogP contribution in [0.3, 0.4) is 0 Å². The highest BCUT2D eigenvalue weighted by atomic mass is 79.9. The highest BCUT2D eigenvalue weighted by Crippen LogP contribution is 2.40. The Morgan fingerprint density at radius 3 is 1.47 bits per heavy atom. The highest BCUT2D eigenvalue weighted by molar-refractivity contribution is 9.10. The van der Waals surface area contributed by atoms with Crippen molar-refractivity contribution in [3.05, 3.63) is 162 Å². The van der Waals surface area contributed by atoms with Crippen LogP contribution in [0.1, 0.15) is 39.1 Å². The van der Waals surface area contributed by atoms with Gasteiger partial charge < -0.3 is 20.8 Å². The molecular formula is C54H50BBrF2N12O2. The van der Waals surface area contributed by atoms with E-state index in [9.17, 15) is 8.78 Å². The van der Waals surface area contributed by atoms with Gasteiger partial charge in [-0.25, -0.2) is 38.7 Å². The van der Waals surface area contributed by atoms with E-state index in [1.807, 2.05) is 110 Å². The minimum atomic E-state index is -0.302. The molecule has 1 aliphatic rings. The first kappa shape index (κ1) is 49.2. The number of aromatic nitrogens is 10. The van der Waals surface area contributed by atoms with E-state index in [-0.39, 0.29) is 30.0 Å². The number of nitrogens with two attached hydrogens (primary N) is 2. The summed E-state index contributed by atoms with van der Waals surface area (Å²) in [5, 5.41) is 10.3. The van der Waals surface area contributed by atoms with Crippen LogP contribution in [0.2, 0.25) is 0 Å². The molecule has 0 amide bonds. The van der Waals surface area contributed by atoms with Gasteiger partial charge in [0.1, 0.15) is 35.9 Å². The number of fused-ring (bicyclic) bond motifs is 2. The van der Waals surface area contributed by atoms with E-state index in [2.05, 4.69) is 57.1 Å². The molecule has 0 saturated carbocycles. The van der Waals surface area contributed by atoms with Gasteiger partial charge in [-0.15, -0.1) is 0 Å². The first-order valence-corrected chi connectivity index (χ1v) is 23.7. The van der Waals surface area contributed by atoms with Gasteiger partial charge in [-0.1, -0.05) is 12.1 Å². The summed E-state index contributed by atoms with van der Waals surface area (Å²) < 4.78 is 42.8. The standard InChI is InChI=1S/C24H19FN6.C20H14BrFN4.C10H17BN2O2/c1-14-19-9-16(5-8-22(19)28-13-27-14)20-10-21(17-11-29-31(2)12-17)24(26)30-23(20)15-3-6-18(25)7-4-15;1-11-15-8-13(4-7-18(15)25-10-24-11)16-9-17(21)20(23)26-19(16)12-2-5-14(22)6-3-12;1-9(2)10(3,4)15-11(14-9)8-6-12-13(5)7-8/h3-13H,1-2H3,(H2,26,30);2-10H,1H3,(H2,23,26);6-7H,1-5H3. The second-order valence-electron chi connectivity index (χ2n) is 18.4. The monoisotopic (exact) mass is 1030 g/mol. The normalized spacial score (nSPS) is 13.7. The molecular weight excluding hydrogens is 977 g/mol. The first-order chi connectivity index (χ1) is 34.3. The summed E-state index contributed by atoms with van der Waals surface area (Å²) in [6, 6.07) is 28.4. The molecule has 4 aromatic carbocycles. The van der Waals surface area contributed by atoms with E-state index in [0.29, 0.717) is 27.5 Å². The molecule has 11 rings (SSSR count). The number of aryl methyl sites for hydroxylation is 4. The third-order valence-electron chi connectivity index (χ3n) is 12.8. The molecule has 0 atom stereocenters. The second-order valence-corrected chi connectivity index (χ2v) is 19.3. The molecule has 362 valence electrons. The Balaban J connectivity index is 0.000000141. The SMILES string of the molecule is Cc1ncnc2ccc(-c3cc(-c4cnn(C)c4)c(N)nc3-c3ccc(F)cc3)cc12.Cc1ncnc2ccc(-c3cc(Br)c(N)nc3-c3ccc(F)cc3)cc12.Cn1cc(B2OC(C)(C)C(C)(C)O2)cn1. The smallest absolute Gasteiger partial charge is 0.399 e. The lowest BCUT2D eigenvalue weighted by atomic mass is 9.82. The fourth-order valence-corrected chi connectivity index (χ4v) is 8.48. The number of halogens is 3. The van der Waals surface area contributed by atoms with E-state index in [1.165, 1.54) is 24.3 Å². The van der Waals surface area contributed by atoms with Crippen molar-refractivity contribution in [3.63, 3.8) is 0 Å². The van der Waals surface area contributed by atoms with Crippen LogP contribution >= 0.6 is 15.9 Å². The molecule has 0 radical (unpaired) electrons. The zero-order valence-corrected chi connectivity index (χ0v) is 42.4. The molecule has 10 aromatic rings. The third kappa shape index (κ3) is 10.2. The molecule has 1 aliphatic heterocycles. The molecule has 0 bridgehead atoms. The topological polar surface area (TPSA) is 183 Å². The van der Waals surface area contributed by atoms with Gasteiger partial charge in [-0.2, -0.15) is 10.2 Å². The Kier molecular flexibility index (Phi) is 13.5. The number of benzene rings is 4. The number of anilines is 2. The maximum absolute atomic E-state index is 13.5. The molecule has 18 heteroatoms. The molecule has 72 heavy (non-hydrogen) atoms. The average Bonchev–Trinajstić information content (AvgIpc) is 4.06. The molecule has 0 aliphatic carbocycles. The summed E-state index contributed by atoms with van der Waals surface area (Å²) in [7, 11) is 3.44. The molecule has 7 heterocycles. The quantitative estimate of drug-likeness (QED) is 0.151. The summed E-state index contributed by atoms with van der Waals surface area (Å²) in [5.74, 6) is 0.173. The second kappa shape index (κ2) is 19.8. The van der Waals surface area contributed by atoms with Crippen LogP contribution in [0.25, 0.3) is 77.7 Å². The Bertz CT molecular complexity index is 3610. The molecule has 14 nitrogen and oxygen atoms in total. The van der Waals surface area contributed by atoms with Crippen molar-refractivity contribution in [2.75, 3.05) is 11.5 Å². The van der Waals surface area contributed by atoms with Crippen molar-refractivity contribution in [1.82, 2.24) is 49.5 Å². The summed E-state index contributed by atoms with van der Waals surface area (Å²) in [4.78, 5) is 26.5. The van der Waals surface area contributed by atoms with Crippen LogP contribution in [0.4, 0.5) is 20.4 Å². The van der Waals surface area contributed by atoms with Crippen LogP contribution in [0.15, 0.2) is 139 Å². The molecule has 0 unspecified atom stereocenters. The predicted molar refractivity (Wildman–Crippen MR) is 283 cm³/mol. The number of hydrogen-bond donors (Lipinski definition) is 2. The van der Waals surface area contributed by atoms with Crippen molar-refractivity contribution in [3.8, 4) is 55.9 Å². The summed E-state index contributed by atoms with van der Waals surface area (Å²) in [6.07, 6.45) is 10.5. The van der Waals surface area contributed by atoms with Crippen molar-refractivity contribution in [2.24, 2.45) is 14.1 Å². The maximum Gasteiger partial charge on any atom is 0.498 e. The van der Waals surface area contributed by atoms with Crippen LogP contribution < -0.4 is 16.9 Å². The van der Waals surface area contributed by atoms with Crippen molar-refractivity contribution >= 4 is 62.0 Å². The van der Waals surface area contributed by atoms with Crippen LogP contribution in [-0.2, 0) is 23.4 Å². The van der Waals surface area contributed by atoms with E-state index in [1.54, 1.807) is 58.7 Å². The lowest BCUT2D eigenvalue weighted by Gasteiger charge is -2.32. The molecule has 1 saturated heterocycles. The Morgan fingerprint density at radius 2 is 1.00 bits per heavy atom. The Hall–Kier alpha value is -7.80. The third-order valence-corrected chi connectivity index (χ3v) is 13.5. The van der Waals surface area contributed by atoms with Gasteiger partial charge in [0.15, 0.2) is 0 Å². The fourth-order valence-electron chi connectivity index (χ4n) is 8.17. The predicted octanol–water partition coefficient (Wildman–Crippen LogP) is 10.7. The minimum absolute atomic E-state index is 0.284. The fraction of sp³-hybridized carbons (Fsp3) is 0.185. The Labute approximate surface area is 423 Å². The van der Waals surface area contributed by atoms with Crippen molar-refractivity contribution < 1.29 is 18.1 Å². The van der Waals surface area contributed by atoms with Crippen LogP contribution in [0, 0.1) is 25.5 Å². The van der Waals surface area contributed by atoms with Gasteiger partial charge in [-0.05, 0) is 154 Å². The van der Waals surface area contributed by atoms with Gasteiger partial charge in [0, 0.05) is 93.7 Å². The molecule has 6 aromatic heterocycles. The average molecular weight is 1030 g/mol. The zero-order chi connectivity index (χ0) is 51.1. The maximum atomic E-state index is 13.5. The van der Waals surface area contributed by atoms with Gasteiger partial charge in [0.2, 0.25) is 0 Å². The zero-order valence-electron chi connectivity index (χ0n) is 40.9. The summed E-state index contributed by atoms with van der Waals surface area (Å²) >= 11 is 3.45. The first-order valence-electron chi connectivity index (χ1n) is 22.9. The van der Waals surface area contributed by atoms with Crippen molar-refractivity contribution in [2.45, 2.75) is 52.7 Å². The van der Waals surface area contributed by atoms with E-state index in [0.717, 1.165) is 83.2 Å². The van der Waals surface area contributed by atoms with Crippen LogP contribution in [-0.4, -0.2) is 67.8 Å². The van der Waals surface area contributed by atoms with E-state index >= 15 is 0 Å². The van der Waals surface area contributed by atoms with Gasteiger partial charge >= 0.3 is 7.12 Å². The molecule has 1 fully saturated rings. The van der Waals surface area contributed by atoms with Gasteiger partial charge in [0.05, 0.1) is 44.3 Å².